The number of carbonyl (C=O) groups is 4. The van der Waals surface area contributed by atoms with Gasteiger partial charge in [-0.3, -0.25) is 9.59 Å². The molecule has 7 nitrogen and oxygen atoms in total. The van der Waals surface area contributed by atoms with Crippen molar-refractivity contribution in [3.8, 4) is 0 Å². The first-order valence-electron chi connectivity index (χ1n) is 12.5. The third kappa shape index (κ3) is 6.62. The van der Waals surface area contributed by atoms with Crippen molar-refractivity contribution >= 4 is 41.5 Å². The molecule has 0 bridgehead atoms. The summed E-state index contributed by atoms with van der Waals surface area (Å²) in [6.45, 7) is 0. The van der Waals surface area contributed by atoms with E-state index >= 15 is 0 Å². The first kappa shape index (κ1) is 28.6. The third-order valence-corrected chi connectivity index (χ3v) is 6.38. The Balaban J connectivity index is 1.54. The summed E-state index contributed by atoms with van der Waals surface area (Å²) in [5.74, 6) is -2.24. The summed E-state index contributed by atoms with van der Waals surface area (Å²) in [5.41, 5.74) is 3.06. The first-order chi connectivity index (χ1) is 19.7. The molecular weight excluding hydrogens is 525 g/mol. The lowest BCUT2D eigenvalue weighted by molar-refractivity contribution is 0.0590. The topological polar surface area (TPSA) is 90.0 Å². The highest BCUT2D eigenvalue weighted by atomic mass is 19.1. The summed E-state index contributed by atoms with van der Waals surface area (Å²) in [4.78, 5) is 51.9. The fraction of sp³-hybridized carbons (Fsp3) is 0.0909. The van der Waals surface area contributed by atoms with Crippen LogP contribution in [0.25, 0.3) is 12.2 Å². The van der Waals surface area contributed by atoms with E-state index in [2.05, 4.69) is 4.74 Å². The second-order valence-corrected chi connectivity index (χ2v) is 8.99. The largest absolute Gasteiger partial charge is 0.465 e. The molecule has 0 unspecified atom stereocenters. The summed E-state index contributed by atoms with van der Waals surface area (Å²) in [7, 11) is 4.11. The summed E-state index contributed by atoms with van der Waals surface area (Å²) in [5, 5.41) is 0. The Hall–Kier alpha value is -5.37. The van der Waals surface area contributed by atoms with Gasteiger partial charge in [-0.25, -0.2) is 14.0 Å². The molecule has 0 fully saturated rings. The van der Waals surface area contributed by atoms with Crippen molar-refractivity contribution in [2.24, 2.45) is 0 Å². The van der Waals surface area contributed by atoms with E-state index in [1.807, 2.05) is 0 Å². The van der Waals surface area contributed by atoms with Crippen LogP contribution in [0.1, 0.15) is 58.1 Å². The Morgan fingerprint density at radius 3 is 1.85 bits per heavy atom. The molecule has 8 heteroatoms. The fourth-order valence-electron chi connectivity index (χ4n) is 4.11. The zero-order chi connectivity index (χ0) is 29.5. The van der Waals surface area contributed by atoms with E-state index in [9.17, 15) is 23.6 Å². The van der Waals surface area contributed by atoms with Crippen molar-refractivity contribution in [1.82, 2.24) is 0 Å². The molecule has 0 radical (unpaired) electrons. The molecular formula is C33H26FNO6. The van der Waals surface area contributed by atoms with E-state index < -0.39 is 17.7 Å². The quantitative estimate of drug-likeness (QED) is 0.150. The lowest BCUT2D eigenvalue weighted by atomic mass is 9.96. The second kappa shape index (κ2) is 12.7. The van der Waals surface area contributed by atoms with Gasteiger partial charge in [-0.15, -0.1) is 0 Å². The zero-order valence-corrected chi connectivity index (χ0v) is 22.6. The van der Waals surface area contributed by atoms with Crippen LogP contribution in [-0.4, -0.2) is 44.9 Å². The van der Waals surface area contributed by atoms with Crippen molar-refractivity contribution in [1.29, 1.82) is 0 Å². The van der Waals surface area contributed by atoms with Gasteiger partial charge >= 0.3 is 11.9 Å². The van der Waals surface area contributed by atoms with Crippen LogP contribution in [0.4, 0.5) is 10.1 Å². The summed E-state index contributed by atoms with van der Waals surface area (Å²) in [6.07, 6.45) is 3.41. The van der Waals surface area contributed by atoms with E-state index in [1.165, 1.54) is 55.5 Å². The third-order valence-electron chi connectivity index (χ3n) is 6.38. The van der Waals surface area contributed by atoms with E-state index in [0.717, 1.165) is 0 Å². The van der Waals surface area contributed by atoms with Crippen molar-refractivity contribution in [3.63, 3.8) is 0 Å². The maximum absolute atomic E-state index is 13.5. The maximum atomic E-state index is 13.5. The molecule has 0 spiro atoms. The molecule has 0 saturated carbocycles. The predicted molar refractivity (Wildman–Crippen MR) is 153 cm³/mol. The summed E-state index contributed by atoms with van der Waals surface area (Å²) < 4.78 is 23.1. The minimum Gasteiger partial charge on any atom is -0.465 e. The van der Waals surface area contributed by atoms with Crippen LogP contribution >= 0.6 is 0 Å². The van der Waals surface area contributed by atoms with Crippen LogP contribution in [0.15, 0.2) is 91.0 Å². The molecule has 0 N–H and O–H groups in total. The molecule has 0 atom stereocenters. The van der Waals surface area contributed by atoms with Crippen LogP contribution in [0, 0.1) is 5.82 Å². The number of esters is 2. The van der Waals surface area contributed by atoms with Gasteiger partial charge in [0.1, 0.15) is 5.82 Å². The average Bonchev–Trinajstić information content (AvgIpc) is 3.02. The molecule has 4 aromatic rings. The van der Waals surface area contributed by atoms with Gasteiger partial charge in [-0.05, 0) is 83.9 Å². The van der Waals surface area contributed by atoms with E-state index in [-0.39, 0.29) is 22.9 Å². The van der Waals surface area contributed by atoms with Crippen molar-refractivity contribution in [3.05, 3.63) is 136 Å². The van der Waals surface area contributed by atoms with E-state index in [1.54, 1.807) is 73.8 Å². The number of rotatable bonds is 8. The van der Waals surface area contributed by atoms with Gasteiger partial charge in [-0.1, -0.05) is 30.4 Å². The molecule has 0 aromatic heterocycles. The number of benzene rings is 4. The van der Waals surface area contributed by atoms with Gasteiger partial charge in [0.05, 0.1) is 25.3 Å². The normalized spacial score (nSPS) is 10.7. The number of anilines is 1. The number of halogens is 1. The highest BCUT2D eigenvalue weighted by molar-refractivity contribution is 6.15. The van der Waals surface area contributed by atoms with Crippen LogP contribution in [-0.2, 0) is 9.47 Å². The molecule has 0 aliphatic carbocycles. The number of methoxy groups -OCH3 is 2. The molecule has 0 heterocycles. The van der Waals surface area contributed by atoms with Crippen molar-refractivity contribution in [2.45, 2.75) is 0 Å². The Labute approximate surface area is 236 Å². The molecule has 1 amide bonds. The minimum absolute atomic E-state index is 0.0886. The summed E-state index contributed by atoms with van der Waals surface area (Å²) in [6, 6.07) is 23.3. The molecule has 0 saturated heterocycles. The summed E-state index contributed by atoms with van der Waals surface area (Å²) >= 11 is 0. The lowest BCUT2D eigenvalue weighted by Crippen LogP contribution is -2.26. The minimum atomic E-state index is -0.672. The molecule has 0 aliphatic rings. The zero-order valence-electron chi connectivity index (χ0n) is 22.6. The Morgan fingerprint density at radius 2 is 1.24 bits per heavy atom. The second-order valence-electron chi connectivity index (χ2n) is 8.99. The average molecular weight is 552 g/mol. The standard InChI is InChI=1S/C33H26FNO6/c1-35(31(37)24-10-12-25(13-11-24)32(38)40-2)27-16-14-23(15-17-27)30(36)28-18-9-22(20-29(28)33(39)41-3)8-7-21-5-4-6-26(34)19-21/h4-20H,1-3H3. The van der Waals surface area contributed by atoms with Gasteiger partial charge in [0.25, 0.3) is 5.91 Å². The molecule has 206 valence electrons. The van der Waals surface area contributed by atoms with Crippen LogP contribution in [0.2, 0.25) is 0 Å². The molecule has 4 aromatic carbocycles. The number of nitrogens with zero attached hydrogens (tertiary/aromatic N) is 1. The van der Waals surface area contributed by atoms with Crippen LogP contribution < -0.4 is 4.90 Å². The molecule has 4 rings (SSSR count). The van der Waals surface area contributed by atoms with Gasteiger partial charge in [0, 0.05) is 29.4 Å². The van der Waals surface area contributed by atoms with Gasteiger partial charge in [-0.2, -0.15) is 0 Å². The number of hydrogen-bond acceptors (Lipinski definition) is 6. The highest BCUT2D eigenvalue weighted by Crippen LogP contribution is 2.22. The Kier molecular flexibility index (Phi) is 8.84. The molecule has 41 heavy (non-hydrogen) atoms. The Morgan fingerprint density at radius 1 is 0.659 bits per heavy atom. The smallest absolute Gasteiger partial charge is 0.338 e. The van der Waals surface area contributed by atoms with Gasteiger partial charge in [0.15, 0.2) is 5.78 Å². The van der Waals surface area contributed by atoms with Crippen LogP contribution in [0.3, 0.4) is 0 Å². The fourth-order valence-corrected chi connectivity index (χ4v) is 4.11. The Bertz CT molecular complexity index is 1640. The van der Waals surface area contributed by atoms with E-state index in [4.69, 9.17) is 4.74 Å². The number of ether oxygens (including phenoxy) is 2. The highest BCUT2D eigenvalue weighted by Gasteiger charge is 2.20. The number of amides is 1. The maximum Gasteiger partial charge on any atom is 0.338 e. The van der Waals surface area contributed by atoms with Gasteiger partial charge < -0.3 is 14.4 Å². The SMILES string of the molecule is COC(=O)c1ccc(C(=O)N(C)c2ccc(C(=O)c3ccc(C=Cc4cccc(F)c4)cc3C(=O)OC)cc2)cc1. The number of ketones is 1. The van der Waals surface area contributed by atoms with Crippen LogP contribution in [0.5, 0.6) is 0 Å². The van der Waals surface area contributed by atoms with Crippen molar-refractivity contribution in [2.75, 3.05) is 26.2 Å². The number of hydrogen-bond donors (Lipinski definition) is 0. The van der Waals surface area contributed by atoms with Crippen molar-refractivity contribution < 1.29 is 33.0 Å². The van der Waals surface area contributed by atoms with Gasteiger partial charge in [0.2, 0.25) is 0 Å². The monoisotopic (exact) mass is 551 g/mol. The molecule has 0 aliphatic heterocycles. The number of carbonyl (C=O) groups excluding carboxylic acids is 4. The first-order valence-corrected chi connectivity index (χ1v) is 12.5. The lowest BCUT2D eigenvalue weighted by Gasteiger charge is -2.18. The predicted octanol–water partition coefficient (Wildman–Crippen LogP) is 6.08. The van der Waals surface area contributed by atoms with E-state index in [0.29, 0.717) is 33.5 Å².